The molecule has 0 fully saturated rings. The van der Waals surface area contributed by atoms with Crippen LogP contribution >= 0.6 is 11.3 Å². The van der Waals surface area contributed by atoms with Crippen LogP contribution in [0.1, 0.15) is 35.3 Å². The van der Waals surface area contributed by atoms with E-state index in [4.69, 9.17) is 5.26 Å². The number of hydrogen-bond acceptors (Lipinski definition) is 4. The average Bonchev–Trinajstić information content (AvgIpc) is 2.88. The van der Waals surface area contributed by atoms with Gasteiger partial charge in [0, 0.05) is 11.1 Å². The van der Waals surface area contributed by atoms with Gasteiger partial charge < -0.3 is 5.32 Å². The van der Waals surface area contributed by atoms with Crippen molar-refractivity contribution in [2.75, 3.05) is 5.32 Å². The van der Waals surface area contributed by atoms with Crippen LogP contribution in [-0.4, -0.2) is 4.98 Å². The van der Waals surface area contributed by atoms with Crippen LogP contribution < -0.4 is 5.32 Å². The van der Waals surface area contributed by atoms with E-state index in [0.29, 0.717) is 5.56 Å². The van der Waals surface area contributed by atoms with Crippen molar-refractivity contribution < 1.29 is 0 Å². The van der Waals surface area contributed by atoms with Gasteiger partial charge in [0.1, 0.15) is 11.1 Å². The van der Waals surface area contributed by atoms with Crippen LogP contribution in [0.4, 0.5) is 5.69 Å². The molecule has 0 spiro atoms. The summed E-state index contributed by atoms with van der Waals surface area (Å²) < 4.78 is 0. The van der Waals surface area contributed by atoms with E-state index in [9.17, 15) is 0 Å². The molecule has 0 aliphatic carbocycles. The van der Waals surface area contributed by atoms with E-state index in [0.717, 1.165) is 17.1 Å². The summed E-state index contributed by atoms with van der Waals surface area (Å²) in [6.07, 6.45) is 2.94. The van der Waals surface area contributed by atoms with E-state index in [1.165, 1.54) is 4.88 Å². The Morgan fingerprint density at radius 1 is 1.44 bits per heavy atom. The Bertz CT molecular complexity index is 568. The van der Waals surface area contributed by atoms with Crippen molar-refractivity contribution in [3.63, 3.8) is 0 Å². The lowest BCUT2D eigenvalue weighted by atomic mass is 10.2. The predicted octanol–water partition coefficient (Wildman–Crippen LogP) is 3.75. The average molecular weight is 257 g/mol. The first-order valence-electron chi connectivity index (χ1n) is 5.95. The smallest absolute Gasteiger partial charge is 0.115 e. The number of anilines is 1. The van der Waals surface area contributed by atoms with Crippen molar-refractivity contribution in [1.82, 2.24) is 4.98 Å². The van der Waals surface area contributed by atoms with Crippen LogP contribution in [0.3, 0.4) is 0 Å². The lowest BCUT2D eigenvalue weighted by molar-refractivity contribution is 0.869. The maximum atomic E-state index is 9.04. The van der Waals surface area contributed by atoms with Crippen LogP contribution in [0, 0.1) is 11.3 Å². The first kappa shape index (κ1) is 12.6. The Labute approximate surface area is 111 Å². The molecule has 1 aromatic heterocycles. The van der Waals surface area contributed by atoms with Gasteiger partial charge in [0.25, 0.3) is 0 Å². The van der Waals surface area contributed by atoms with Gasteiger partial charge >= 0.3 is 0 Å². The van der Waals surface area contributed by atoms with Gasteiger partial charge in [-0.25, -0.2) is 4.98 Å². The number of aromatic nitrogens is 1. The molecule has 3 nitrogen and oxygen atoms in total. The highest BCUT2D eigenvalue weighted by atomic mass is 32.1. The highest BCUT2D eigenvalue weighted by Crippen LogP contribution is 2.25. The first-order chi connectivity index (χ1) is 8.74. The molecule has 1 heterocycles. The second kappa shape index (κ2) is 5.65. The summed E-state index contributed by atoms with van der Waals surface area (Å²) in [5.74, 6) is 0. The molecule has 92 valence electrons. The third-order valence-electron chi connectivity index (χ3n) is 2.71. The molecular weight excluding hydrogens is 242 g/mol. The predicted molar refractivity (Wildman–Crippen MR) is 74.7 cm³/mol. The number of nitrogens with one attached hydrogen (secondary N) is 1. The van der Waals surface area contributed by atoms with Gasteiger partial charge in [0.15, 0.2) is 0 Å². The molecule has 0 radical (unpaired) electrons. The number of thiazole rings is 1. The van der Waals surface area contributed by atoms with Crippen LogP contribution in [0.5, 0.6) is 0 Å². The molecule has 1 N–H and O–H groups in total. The zero-order chi connectivity index (χ0) is 13.0. The molecule has 2 aromatic rings. The second-order valence-electron chi connectivity index (χ2n) is 4.04. The molecule has 1 unspecified atom stereocenters. The SMILES string of the molecule is CCc1cnc(C(C)Nc2ccccc2C#N)s1. The van der Waals surface area contributed by atoms with Gasteiger partial charge in [-0.1, -0.05) is 19.1 Å². The summed E-state index contributed by atoms with van der Waals surface area (Å²) in [4.78, 5) is 5.70. The summed E-state index contributed by atoms with van der Waals surface area (Å²) in [5, 5.41) is 13.4. The summed E-state index contributed by atoms with van der Waals surface area (Å²) >= 11 is 1.72. The number of nitriles is 1. The van der Waals surface area contributed by atoms with Gasteiger partial charge in [-0.3, -0.25) is 0 Å². The molecule has 0 aliphatic heterocycles. The Balaban J connectivity index is 2.16. The number of benzene rings is 1. The fourth-order valence-corrected chi connectivity index (χ4v) is 2.55. The monoisotopic (exact) mass is 257 g/mol. The number of hydrogen-bond donors (Lipinski definition) is 1. The lowest BCUT2D eigenvalue weighted by Gasteiger charge is -2.13. The van der Waals surface area contributed by atoms with Gasteiger partial charge in [0.2, 0.25) is 0 Å². The molecule has 4 heteroatoms. The molecule has 0 aliphatic rings. The second-order valence-corrected chi connectivity index (χ2v) is 5.19. The zero-order valence-corrected chi connectivity index (χ0v) is 11.3. The van der Waals surface area contributed by atoms with E-state index in [1.54, 1.807) is 11.3 Å². The normalized spacial score (nSPS) is 11.8. The standard InChI is InChI=1S/C14H15N3S/c1-3-12-9-16-14(18-12)10(2)17-13-7-5-4-6-11(13)8-15/h4-7,9-10,17H,3H2,1-2H3. The van der Waals surface area contributed by atoms with Crippen molar-refractivity contribution in [1.29, 1.82) is 5.26 Å². The minimum absolute atomic E-state index is 0.116. The van der Waals surface area contributed by atoms with Crippen LogP contribution in [0.15, 0.2) is 30.5 Å². The Morgan fingerprint density at radius 3 is 2.89 bits per heavy atom. The van der Waals surface area contributed by atoms with Crippen molar-refractivity contribution in [2.45, 2.75) is 26.3 Å². The number of aryl methyl sites for hydroxylation is 1. The van der Waals surface area contributed by atoms with Crippen LogP contribution in [0.2, 0.25) is 0 Å². The summed E-state index contributed by atoms with van der Waals surface area (Å²) in [6.45, 7) is 4.19. The van der Waals surface area contributed by atoms with E-state index < -0.39 is 0 Å². The van der Waals surface area contributed by atoms with Crippen molar-refractivity contribution in [3.05, 3.63) is 45.9 Å². The summed E-state index contributed by atoms with van der Waals surface area (Å²) in [5.41, 5.74) is 1.53. The van der Waals surface area contributed by atoms with Crippen LogP contribution in [0.25, 0.3) is 0 Å². The first-order valence-corrected chi connectivity index (χ1v) is 6.76. The molecular formula is C14H15N3S. The highest BCUT2D eigenvalue weighted by Gasteiger charge is 2.11. The van der Waals surface area contributed by atoms with Crippen molar-refractivity contribution >= 4 is 17.0 Å². The fraction of sp³-hybridized carbons (Fsp3) is 0.286. The topological polar surface area (TPSA) is 48.7 Å². The largest absolute Gasteiger partial charge is 0.375 e. The van der Waals surface area contributed by atoms with Gasteiger partial charge in [-0.15, -0.1) is 11.3 Å². The van der Waals surface area contributed by atoms with Crippen LogP contribution in [-0.2, 0) is 6.42 Å². The molecule has 1 aromatic carbocycles. The minimum atomic E-state index is 0.116. The van der Waals surface area contributed by atoms with Gasteiger partial charge in [-0.2, -0.15) is 5.26 Å². The Hall–Kier alpha value is -1.86. The fourth-order valence-electron chi connectivity index (χ4n) is 1.69. The number of rotatable bonds is 4. The highest BCUT2D eigenvalue weighted by molar-refractivity contribution is 7.11. The number of nitrogens with zero attached hydrogens (tertiary/aromatic N) is 2. The molecule has 0 saturated heterocycles. The molecule has 0 bridgehead atoms. The molecule has 1 atom stereocenters. The van der Waals surface area contributed by atoms with Crippen molar-refractivity contribution in [3.8, 4) is 6.07 Å². The Kier molecular flexibility index (Phi) is 3.96. The lowest BCUT2D eigenvalue weighted by Crippen LogP contribution is -2.07. The minimum Gasteiger partial charge on any atom is -0.375 e. The third kappa shape index (κ3) is 2.69. The maximum Gasteiger partial charge on any atom is 0.115 e. The zero-order valence-electron chi connectivity index (χ0n) is 10.5. The molecule has 0 amide bonds. The maximum absolute atomic E-state index is 9.04. The molecule has 2 rings (SSSR count). The third-order valence-corrected chi connectivity index (χ3v) is 4.03. The number of para-hydroxylation sites is 1. The summed E-state index contributed by atoms with van der Waals surface area (Å²) in [7, 11) is 0. The Morgan fingerprint density at radius 2 is 2.22 bits per heavy atom. The van der Waals surface area contributed by atoms with E-state index in [1.807, 2.05) is 30.5 Å². The molecule has 18 heavy (non-hydrogen) atoms. The van der Waals surface area contributed by atoms with Crippen molar-refractivity contribution in [2.24, 2.45) is 0 Å². The van der Waals surface area contributed by atoms with Gasteiger partial charge in [0.05, 0.1) is 17.3 Å². The quantitative estimate of drug-likeness (QED) is 0.907. The van der Waals surface area contributed by atoms with E-state index in [-0.39, 0.29) is 6.04 Å². The van der Waals surface area contributed by atoms with Gasteiger partial charge in [-0.05, 0) is 25.5 Å². The van der Waals surface area contributed by atoms with E-state index >= 15 is 0 Å². The molecule has 0 saturated carbocycles. The van der Waals surface area contributed by atoms with E-state index in [2.05, 4.69) is 30.2 Å². The summed E-state index contributed by atoms with van der Waals surface area (Å²) in [6, 6.07) is 9.83.